The van der Waals surface area contributed by atoms with Crippen molar-refractivity contribution in [2.45, 2.75) is 18.6 Å². The molecule has 1 aliphatic rings. The second-order valence-corrected chi connectivity index (χ2v) is 2.62. The maximum Gasteiger partial charge on any atom is 0.408 e. The molecule has 6 heteroatoms. The zero-order valence-corrected chi connectivity index (χ0v) is 6.17. The van der Waals surface area contributed by atoms with Gasteiger partial charge in [0.25, 0.3) is 0 Å². The second-order valence-electron chi connectivity index (χ2n) is 2.62. The third kappa shape index (κ3) is 1.33. The van der Waals surface area contributed by atoms with E-state index in [-0.39, 0.29) is 13.0 Å². The fourth-order valence-corrected chi connectivity index (χ4v) is 1.29. The number of carboxylic acid groups (broad SMARTS) is 2. The van der Waals surface area contributed by atoms with Crippen molar-refractivity contribution >= 4 is 12.1 Å². The lowest BCUT2D eigenvalue weighted by molar-refractivity contribution is -0.144. The normalized spacial score (nSPS) is 28.9. The third-order valence-electron chi connectivity index (χ3n) is 1.86. The minimum atomic E-state index is -1.31. The number of aliphatic hydroxyl groups is 1. The highest BCUT2D eigenvalue weighted by Gasteiger charge is 2.41. The van der Waals surface area contributed by atoms with Crippen LogP contribution in [0.1, 0.15) is 6.42 Å². The largest absolute Gasteiger partial charge is 0.480 e. The molecule has 0 bridgehead atoms. The molecule has 1 rings (SSSR count). The first-order valence-corrected chi connectivity index (χ1v) is 3.44. The van der Waals surface area contributed by atoms with Crippen molar-refractivity contribution in [2.24, 2.45) is 0 Å². The summed E-state index contributed by atoms with van der Waals surface area (Å²) in [5.74, 6) is -1.30. The average molecular weight is 175 g/mol. The molecule has 12 heavy (non-hydrogen) atoms. The minimum Gasteiger partial charge on any atom is -0.480 e. The van der Waals surface area contributed by atoms with Crippen LogP contribution in [0.4, 0.5) is 4.79 Å². The Morgan fingerprint density at radius 1 is 1.33 bits per heavy atom. The van der Waals surface area contributed by atoms with Crippen LogP contribution in [0.15, 0.2) is 0 Å². The third-order valence-corrected chi connectivity index (χ3v) is 1.86. The topological polar surface area (TPSA) is 98.1 Å². The van der Waals surface area contributed by atoms with Gasteiger partial charge in [-0.05, 0) is 6.42 Å². The molecule has 1 amide bonds. The van der Waals surface area contributed by atoms with Crippen molar-refractivity contribution in [1.82, 2.24) is 4.90 Å². The molecule has 0 saturated carbocycles. The summed E-state index contributed by atoms with van der Waals surface area (Å²) in [5, 5.41) is 26.1. The lowest BCUT2D eigenvalue weighted by Gasteiger charge is -2.18. The van der Waals surface area contributed by atoms with Gasteiger partial charge in [-0.2, -0.15) is 0 Å². The van der Waals surface area contributed by atoms with Gasteiger partial charge in [0.05, 0.1) is 6.10 Å². The van der Waals surface area contributed by atoms with Gasteiger partial charge in [-0.1, -0.05) is 0 Å². The van der Waals surface area contributed by atoms with Crippen LogP contribution in [-0.2, 0) is 4.79 Å². The van der Waals surface area contributed by atoms with Crippen LogP contribution in [0.3, 0.4) is 0 Å². The smallest absolute Gasteiger partial charge is 0.408 e. The van der Waals surface area contributed by atoms with Gasteiger partial charge < -0.3 is 15.3 Å². The monoisotopic (exact) mass is 175 g/mol. The quantitative estimate of drug-likeness (QED) is 0.484. The van der Waals surface area contributed by atoms with E-state index in [1.165, 1.54) is 0 Å². The summed E-state index contributed by atoms with van der Waals surface area (Å²) in [6.45, 7) is 0.0769. The van der Waals surface area contributed by atoms with Crippen LogP contribution in [0.25, 0.3) is 0 Å². The zero-order valence-electron chi connectivity index (χ0n) is 6.17. The summed E-state index contributed by atoms with van der Waals surface area (Å²) in [4.78, 5) is 21.6. The Labute approximate surface area is 68.0 Å². The van der Waals surface area contributed by atoms with Gasteiger partial charge in [0.2, 0.25) is 0 Å². The molecule has 0 aromatic heterocycles. The van der Waals surface area contributed by atoms with E-state index in [9.17, 15) is 9.59 Å². The molecule has 3 N–H and O–H groups in total. The molecule has 6 nitrogen and oxygen atoms in total. The molecule has 1 fully saturated rings. The molecule has 1 saturated heterocycles. The number of rotatable bonds is 1. The fourth-order valence-electron chi connectivity index (χ4n) is 1.29. The Bertz CT molecular complexity index is 216. The van der Waals surface area contributed by atoms with E-state index in [0.717, 1.165) is 4.90 Å². The van der Waals surface area contributed by atoms with Crippen LogP contribution in [0, 0.1) is 0 Å². The van der Waals surface area contributed by atoms with Gasteiger partial charge in [-0.25, -0.2) is 9.59 Å². The van der Waals surface area contributed by atoms with Crippen molar-refractivity contribution in [3.8, 4) is 0 Å². The lowest BCUT2D eigenvalue weighted by Crippen LogP contribution is -2.44. The van der Waals surface area contributed by atoms with Crippen molar-refractivity contribution in [2.75, 3.05) is 6.54 Å². The van der Waals surface area contributed by atoms with E-state index in [0.29, 0.717) is 0 Å². The number of carbonyl (C=O) groups is 2. The number of likely N-dealkylation sites (tertiary alicyclic amines) is 1. The van der Waals surface area contributed by atoms with Crippen molar-refractivity contribution < 1.29 is 24.9 Å². The predicted molar refractivity (Wildman–Crippen MR) is 36.8 cm³/mol. The van der Waals surface area contributed by atoms with E-state index >= 15 is 0 Å². The number of hydrogen-bond donors (Lipinski definition) is 3. The molecule has 0 spiro atoms. The van der Waals surface area contributed by atoms with E-state index in [1.54, 1.807) is 0 Å². The highest BCUT2D eigenvalue weighted by atomic mass is 16.4. The van der Waals surface area contributed by atoms with Gasteiger partial charge in [0.1, 0.15) is 0 Å². The Hall–Kier alpha value is -1.30. The Balaban J connectivity index is 2.77. The van der Waals surface area contributed by atoms with E-state index in [1.807, 2.05) is 0 Å². The van der Waals surface area contributed by atoms with Crippen LogP contribution < -0.4 is 0 Å². The lowest BCUT2D eigenvalue weighted by atomic mass is 10.2. The molecular formula is C6H9NO5. The average Bonchev–Trinajstić information content (AvgIpc) is 2.30. The van der Waals surface area contributed by atoms with Crippen LogP contribution in [0.5, 0.6) is 0 Å². The van der Waals surface area contributed by atoms with Crippen LogP contribution in [-0.4, -0.2) is 51.0 Å². The van der Waals surface area contributed by atoms with E-state index < -0.39 is 24.2 Å². The highest BCUT2D eigenvalue weighted by molar-refractivity contribution is 5.80. The first kappa shape index (κ1) is 8.79. The maximum absolute atomic E-state index is 10.5. The maximum atomic E-state index is 10.5. The number of hydrogen-bond acceptors (Lipinski definition) is 3. The Morgan fingerprint density at radius 2 is 1.92 bits per heavy atom. The number of carboxylic acids is 1. The number of amides is 1. The molecule has 2 atom stereocenters. The number of aliphatic carboxylic acids is 1. The fraction of sp³-hybridized carbons (Fsp3) is 0.667. The summed E-state index contributed by atoms with van der Waals surface area (Å²) in [5.41, 5.74) is 0. The van der Waals surface area contributed by atoms with Crippen molar-refractivity contribution in [1.29, 1.82) is 0 Å². The Kier molecular flexibility index (Phi) is 2.18. The van der Waals surface area contributed by atoms with Crippen LogP contribution in [0.2, 0.25) is 0 Å². The van der Waals surface area contributed by atoms with Gasteiger partial charge in [-0.3, -0.25) is 4.90 Å². The molecule has 0 radical (unpaired) electrons. The standard InChI is InChI=1S/C6H9NO5/c8-3-1-2-7(6(11)12)4(3)5(9)10/h3-4,8H,1-2H2,(H,9,10)(H,11,12)/t3-,4?/m0/s1. The molecule has 0 aliphatic carbocycles. The summed E-state index contributed by atoms with van der Waals surface area (Å²) < 4.78 is 0. The highest BCUT2D eigenvalue weighted by Crippen LogP contribution is 2.17. The Morgan fingerprint density at radius 3 is 2.25 bits per heavy atom. The van der Waals surface area contributed by atoms with Gasteiger partial charge >= 0.3 is 12.1 Å². The van der Waals surface area contributed by atoms with Gasteiger partial charge in [0.15, 0.2) is 6.04 Å². The van der Waals surface area contributed by atoms with Crippen molar-refractivity contribution in [3.63, 3.8) is 0 Å². The molecule has 0 aromatic carbocycles. The molecule has 0 aromatic rings. The molecule has 68 valence electrons. The summed E-state index contributed by atoms with van der Waals surface area (Å²) in [6.07, 6.45) is -2.21. The van der Waals surface area contributed by atoms with Gasteiger partial charge in [0, 0.05) is 6.54 Å². The minimum absolute atomic E-state index is 0.0769. The van der Waals surface area contributed by atoms with Crippen molar-refractivity contribution in [3.05, 3.63) is 0 Å². The molecule has 1 unspecified atom stereocenters. The first-order valence-electron chi connectivity index (χ1n) is 3.44. The first-order chi connectivity index (χ1) is 5.54. The predicted octanol–water partition coefficient (Wildman–Crippen LogP) is -0.816. The zero-order chi connectivity index (χ0) is 9.30. The van der Waals surface area contributed by atoms with E-state index in [4.69, 9.17) is 15.3 Å². The number of nitrogens with zero attached hydrogens (tertiary/aromatic N) is 1. The summed E-state index contributed by atoms with van der Waals surface area (Å²) >= 11 is 0. The van der Waals surface area contributed by atoms with E-state index in [2.05, 4.69) is 0 Å². The van der Waals surface area contributed by atoms with Crippen LogP contribution >= 0.6 is 0 Å². The second kappa shape index (κ2) is 2.98. The summed E-state index contributed by atoms with van der Waals surface area (Å²) in [7, 11) is 0. The SMILES string of the molecule is O=C(O)C1[C@@H](O)CCN1C(=O)O. The molecular weight excluding hydrogens is 166 g/mol. The molecule has 1 heterocycles. The number of aliphatic hydroxyl groups excluding tert-OH is 1. The summed E-state index contributed by atoms with van der Waals surface area (Å²) in [6, 6.07) is -1.30. The van der Waals surface area contributed by atoms with Gasteiger partial charge in [-0.15, -0.1) is 0 Å². The molecule has 1 aliphatic heterocycles.